The number of aromatic nitrogens is 4. The van der Waals surface area contributed by atoms with E-state index in [0.717, 1.165) is 5.56 Å². The van der Waals surface area contributed by atoms with Gasteiger partial charge in [0.1, 0.15) is 18.5 Å². The number of hydrogen-bond donors (Lipinski definition) is 4. The number of nitrogens with one attached hydrogen (secondary N) is 1. The molecule has 4 N–H and O–H groups in total. The van der Waals surface area contributed by atoms with Gasteiger partial charge in [0.15, 0.2) is 11.2 Å². The van der Waals surface area contributed by atoms with E-state index < -0.39 is 17.4 Å². The van der Waals surface area contributed by atoms with Crippen molar-refractivity contribution < 1.29 is 20.1 Å². The molecule has 168 valence electrons. The molecule has 31 heavy (non-hydrogen) atoms. The number of aliphatic hydroxyl groups is 3. The number of aryl methyl sites for hydroxylation is 2. The molecule has 0 aliphatic heterocycles. The van der Waals surface area contributed by atoms with Gasteiger partial charge in [0.2, 0.25) is 5.95 Å². The molecule has 3 aromatic rings. The fourth-order valence-electron chi connectivity index (χ4n) is 3.28. The third kappa shape index (κ3) is 4.95. The molecule has 0 saturated carbocycles. The topological polar surface area (TPSA) is 146 Å². The van der Waals surface area contributed by atoms with Crippen LogP contribution in [0.15, 0.2) is 33.9 Å². The minimum atomic E-state index is -1.00. The van der Waals surface area contributed by atoms with Gasteiger partial charge in [0.05, 0.1) is 19.8 Å². The fourth-order valence-corrected chi connectivity index (χ4v) is 3.28. The molecule has 2 heterocycles. The molecule has 2 aromatic heterocycles. The maximum absolute atomic E-state index is 12.6. The van der Waals surface area contributed by atoms with Crippen LogP contribution in [-0.4, -0.2) is 73.4 Å². The maximum Gasteiger partial charge on any atom is 0.329 e. The molecule has 0 saturated heterocycles. The van der Waals surface area contributed by atoms with Crippen molar-refractivity contribution in [2.24, 2.45) is 7.05 Å². The van der Waals surface area contributed by atoms with Crippen molar-refractivity contribution in [3.8, 4) is 5.75 Å². The van der Waals surface area contributed by atoms with Crippen LogP contribution >= 0.6 is 0 Å². The lowest BCUT2D eigenvalue weighted by Crippen LogP contribution is -2.34. The standard InChI is InChI=1S/C20H27N5O6/c1-13-3-5-15(6-4-13)31-12-14(28)11-25-16-17(23(2)20(30)22-18(16)29)21-19(25)24(7-9-26)8-10-27/h3-6,14,26-28H,7-12H2,1-2H3,(H,22,29,30)/t14-/m0/s1. The molecule has 3 rings (SSSR count). The van der Waals surface area contributed by atoms with E-state index >= 15 is 0 Å². The minimum Gasteiger partial charge on any atom is -0.491 e. The van der Waals surface area contributed by atoms with Crippen LogP contribution in [0.4, 0.5) is 5.95 Å². The largest absolute Gasteiger partial charge is 0.491 e. The number of ether oxygens (including phenoxy) is 1. The van der Waals surface area contributed by atoms with Crippen molar-refractivity contribution in [3.05, 3.63) is 50.7 Å². The minimum absolute atomic E-state index is 0.0359. The van der Waals surface area contributed by atoms with Crippen LogP contribution in [0.2, 0.25) is 0 Å². The second-order valence-electron chi connectivity index (χ2n) is 7.23. The zero-order chi connectivity index (χ0) is 22.5. The number of benzene rings is 1. The molecule has 0 aliphatic carbocycles. The molecule has 11 heteroatoms. The molecule has 0 bridgehead atoms. The van der Waals surface area contributed by atoms with Crippen molar-refractivity contribution in [1.29, 1.82) is 0 Å². The second kappa shape index (κ2) is 9.77. The van der Waals surface area contributed by atoms with Crippen molar-refractivity contribution >= 4 is 17.1 Å². The molecule has 0 unspecified atom stereocenters. The highest BCUT2D eigenvalue weighted by Gasteiger charge is 2.23. The lowest BCUT2D eigenvalue weighted by atomic mass is 10.2. The van der Waals surface area contributed by atoms with Crippen LogP contribution in [-0.2, 0) is 13.6 Å². The van der Waals surface area contributed by atoms with E-state index in [-0.39, 0.29) is 56.6 Å². The summed E-state index contributed by atoms with van der Waals surface area (Å²) in [4.78, 5) is 32.8. The van der Waals surface area contributed by atoms with Gasteiger partial charge in [-0.15, -0.1) is 0 Å². The number of hydrogen-bond acceptors (Lipinski definition) is 8. The number of aromatic amines is 1. The van der Waals surface area contributed by atoms with E-state index in [0.29, 0.717) is 5.75 Å². The van der Waals surface area contributed by atoms with Crippen LogP contribution in [0.25, 0.3) is 11.2 Å². The summed E-state index contributed by atoms with van der Waals surface area (Å²) in [7, 11) is 1.47. The van der Waals surface area contributed by atoms with Crippen LogP contribution in [0.5, 0.6) is 5.75 Å². The second-order valence-corrected chi connectivity index (χ2v) is 7.23. The molecule has 1 atom stereocenters. The number of imidazole rings is 1. The summed E-state index contributed by atoms with van der Waals surface area (Å²) in [5.74, 6) is 0.849. The van der Waals surface area contributed by atoms with Crippen molar-refractivity contribution in [1.82, 2.24) is 19.1 Å². The number of H-pyrrole nitrogens is 1. The quantitative estimate of drug-likeness (QED) is 0.317. The van der Waals surface area contributed by atoms with Gasteiger partial charge < -0.3 is 29.5 Å². The van der Waals surface area contributed by atoms with E-state index in [9.17, 15) is 24.9 Å². The van der Waals surface area contributed by atoms with Crippen molar-refractivity contribution in [2.75, 3.05) is 37.8 Å². The lowest BCUT2D eigenvalue weighted by molar-refractivity contribution is 0.0935. The number of anilines is 1. The smallest absolute Gasteiger partial charge is 0.329 e. The highest BCUT2D eigenvalue weighted by atomic mass is 16.5. The highest BCUT2D eigenvalue weighted by molar-refractivity contribution is 5.74. The predicted molar refractivity (Wildman–Crippen MR) is 115 cm³/mol. The van der Waals surface area contributed by atoms with Gasteiger partial charge in [-0.05, 0) is 19.1 Å². The Kier molecular flexibility index (Phi) is 7.10. The van der Waals surface area contributed by atoms with Crippen molar-refractivity contribution in [2.45, 2.75) is 19.6 Å². The predicted octanol–water partition coefficient (Wildman–Crippen LogP) is -1.04. The first kappa shape index (κ1) is 22.5. The molecule has 0 amide bonds. The van der Waals surface area contributed by atoms with Gasteiger partial charge in [-0.25, -0.2) is 4.79 Å². The van der Waals surface area contributed by atoms with E-state index in [4.69, 9.17) is 4.74 Å². The Morgan fingerprint density at radius 3 is 2.42 bits per heavy atom. The van der Waals surface area contributed by atoms with E-state index in [1.54, 1.807) is 17.0 Å². The van der Waals surface area contributed by atoms with E-state index in [1.807, 2.05) is 19.1 Å². The monoisotopic (exact) mass is 433 g/mol. The molecule has 0 spiro atoms. The van der Waals surface area contributed by atoms with Crippen LogP contribution in [0.1, 0.15) is 5.56 Å². The van der Waals surface area contributed by atoms with Gasteiger partial charge in [-0.3, -0.25) is 14.3 Å². The summed E-state index contributed by atoms with van der Waals surface area (Å²) >= 11 is 0. The number of rotatable bonds is 10. The Hall–Kier alpha value is -3.15. The first-order chi connectivity index (χ1) is 14.8. The molecule has 0 aliphatic rings. The van der Waals surface area contributed by atoms with Gasteiger partial charge >= 0.3 is 5.69 Å². The van der Waals surface area contributed by atoms with E-state index in [1.165, 1.54) is 16.2 Å². The SMILES string of the molecule is Cc1ccc(OC[C@@H](O)Cn2c(N(CCO)CCO)nc3c2c(=O)[nH]c(=O)n3C)cc1. The number of aliphatic hydroxyl groups excluding tert-OH is 3. The van der Waals surface area contributed by atoms with Crippen LogP contribution < -0.4 is 20.9 Å². The Labute approximate surface area is 177 Å². The zero-order valence-electron chi connectivity index (χ0n) is 17.5. The van der Waals surface area contributed by atoms with Crippen LogP contribution in [0, 0.1) is 6.92 Å². The van der Waals surface area contributed by atoms with Crippen LogP contribution in [0.3, 0.4) is 0 Å². The third-order valence-corrected chi connectivity index (χ3v) is 4.87. The van der Waals surface area contributed by atoms with Gasteiger partial charge in [0.25, 0.3) is 5.56 Å². The highest BCUT2D eigenvalue weighted by Crippen LogP contribution is 2.20. The molecule has 0 fully saturated rings. The van der Waals surface area contributed by atoms with Gasteiger partial charge in [0, 0.05) is 20.1 Å². The summed E-state index contributed by atoms with van der Waals surface area (Å²) in [6, 6.07) is 7.38. The van der Waals surface area contributed by atoms with Gasteiger partial charge in [-0.1, -0.05) is 17.7 Å². The molecular weight excluding hydrogens is 406 g/mol. The Morgan fingerprint density at radius 2 is 1.81 bits per heavy atom. The zero-order valence-corrected chi connectivity index (χ0v) is 17.5. The molecule has 0 radical (unpaired) electrons. The summed E-state index contributed by atoms with van der Waals surface area (Å²) in [5.41, 5.74) is 0.0630. The summed E-state index contributed by atoms with van der Waals surface area (Å²) < 4.78 is 8.30. The lowest BCUT2D eigenvalue weighted by Gasteiger charge is -2.24. The number of nitrogens with zero attached hydrogens (tertiary/aromatic N) is 4. The first-order valence-corrected chi connectivity index (χ1v) is 9.89. The van der Waals surface area contributed by atoms with E-state index in [2.05, 4.69) is 9.97 Å². The average Bonchev–Trinajstić information content (AvgIpc) is 3.11. The number of fused-ring (bicyclic) bond motifs is 1. The first-order valence-electron chi connectivity index (χ1n) is 9.89. The average molecular weight is 433 g/mol. The van der Waals surface area contributed by atoms with Crippen molar-refractivity contribution in [3.63, 3.8) is 0 Å². The molecule has 1 aromatic carbocycles. The third-order valence-electron chi connectivity index (χ3n) is 4.87. The molecule has 11 nitrogen and oxygen atoms in total. The maximum atomic E-state index is 12.6. The summed E-state index contributed by atoms with van der Waals surface area (Å²) in [6.45, 7) is 1.74. The Bertz CT molecular complexity index is 1130. The fraction of sp³-hybridized carbons (Fsp3) is 0.450. The Balaban J connectivity index is 1.96. The normalized spacial score (nSPS) is 12.3. The summed E-state index contributed by atoms with van der Waals surface area (Å²) in [5, 5.41) is 29.4. The Morgan fingerprint density at radius 1 is 1.16 bits per heavy atom. The molecular formula is C20H27N5O6. The van der Waals surface area contributed by atoms with Gasteiger partial charge in [-0.2, -0.15) is 4.98 Å². The summed E-state index contributed by atoms with van der Waals surface area (Å²) in [6.07, 6.45) is -1.00.